The monoisotopic (exact) mass is 286 g/mol. The van der Waals surface area contributed by atoms with Crippen molar-refractivity contribution in [1.82, 2.24) is 0 Å². The third-order valence-electron chi connectivity index (χ3n) is 2.11. The Morgan fingerprint density at radius 2 is 1.74 bits per heavy atom. The highest BCUT2D eigenvalue weighted by Crippen LogP contribution is 2.32. The molecule has 19 heavy (non-hydrogen) atoms. The van der Waals surface area contributed by atoms with Crippen molar-refractivity contribution in [3.05, 3.63) is 29.3 Å². The van der Waals surface area contributed by atoms with E-state index in [0.717, 1.165) is 6.07 Å². The first-order valence-corrected chi connectivity index (χ1v) is 4.99. The second-order valence-corrected chi connectivity index (χ2v) is 3.58. The summed E-state index contributed by atoms with van der Waals surface area (Å²) in [6.07, 6.45) is -10.2. The van der Waals surface area contributed by atoms with Gasteiger partial charge in [-0.15, -0.1) is 0 Å². The van der Waals surface area contributed by atoms with Gasteiger partial charge in [0, 0.05) is 0 Å². The third kappa shape index (κ3) is 4.80. The summed E-state index contributed by atoms with van der Waals surface area (Å²) in [4.78, 5) is 10.6. The van der Waals surface area contributed by atoms with Gasteiger partial charge in [0.05, 0.1) is 24.2 Å². The Kier molecular flexibility index (Phi) is 4.43. The molecule has 0 saturated carbocycles. The number of halogens is 6. The van der Waals surface area contributed by atoms with E-state index in [0.29, 0.717) is 12.1 Å². The zero-order valence-corrected chi connectivity index (χ0v) is 9.31. The lowest BCUT2D eigenvalue weighted by Crippen LogP contribution is -2.14. The van der Waals surface area contributed by atoms with Crippen LogP contribution in [0.25, 0.3) is 0 Å². The summed E-state index contributed by atoms with van der Waals surface area (Å²) in [5.41, 5.74) is -1.52. The number of benzene rings is 1. The largest absolute Gasteiger partial charge is 0.492 e. The Morgan fingerprint density at radius 1 is 1.11 bits per heavy atom. The molecule has 1 rings (SSSR count). The summed E-state index contributed by atoms with van der Waals surface area (Å²) in [6, 6.07) is 1.98. The molecule has 1 aromatic carbocycles. The molecule has 2 nitrogen and oxygen atoms in total. The number of ether oxygens (including phenoxy) is 1. The molecule has 0 fully saturated rings. The number of alkyl halides is 6. The molecule has 0 unspecified atom stereocenters. The number of rotatable bonds is 4. The van der Waals surface area contributed by atoms with E-state index in [2.05, 4.69) is 4.74 Å². The van der Waals surface area contributed by atoms with E-state index in [1.54, 1.807) is 0 Å². The van der Waals surface area contributed by atoms with Crippen LogP contribution in [0, 0.1) is 0 Å². The maximum absolute atomic E-state index is 12.3. The molecule has 0 aliphatic carbocycles. The standard InChI is InChI=1S/C11H8F6O2/c12-10(13,14)3-4-19-9-2-1-8(11(15,16)17)5-7(9)6-18/h1-2,5-6H,3-4H2. The Hall–Kier alpha value is -1.73. The van der Waals surface area contributed by atoms with Crippen LogP contribution in [0.3, 0.4) is 0 Å². The van der Waals surface area contributed by atoms with E-state index < -0.39 is 36.5 Å². The molecule has 8 heteroatoms. The smallest absolute Gasteiger partial charge is 0.416 e. The molecule has 0 atom stereocenters. The maximum atomic E-state index is 12.3. The zero-order valence-electron chi connectivity index (χ0n) is 9.31. The van der Waals surface area contributed by atoms with Gasteiger partial charge >= 0.3 is 12.4 Å². The van der Waals surface area contributed by atoms with Crippen LogP contribution >= 0.6 is 0 Å². The van der Waals surface area contributed by atoms with Crippen molar-refractivity contribution in [3.8, 4) is 5.75 Å². The van der Waals surface area contributed by atoms with E-state index in [4.69, 9.17) is 0 Å². The second kappa shape index (κ2) is 5.50. The van der Waals surface area contributed by atoms with Crippen LogP contribution in [0.15, 0.2) is 18.2 Å². The van der Waals surface area contributed by atoms with Gasteiger partial charge in [-0.25, -0.2) is 0 Å². The summed E-state index contributed by atoms with van der Waals surface area (Å²) in [5.74, 6) is -0.313. The lowest BCUT2D eigenvalue weighted by Gasteiger charge is -2.12. The van der Waals surface area contributed by atoms with Crippen molar-refractivity contribution in [1.29, 1.82) is 0 Å². The van der Waals surface area contributed by atoms with Crippen LogP contribution in [0.5, 0.6) is 5.75 Å². The Balaban J connectivity index is 2.83. The predicted octanol–water partition coefficient (Wildman–Crippen LogP) is 3.85. The van der Waals surface area contributed by atoms with E-state index in [1.165, 1.54) is 0 Å². The number of aldehydes is 1. The highest BCUT2D eigenvalue weighted by Gasteiger charge is 2.31. The maximum Gasteiger partial charge on any atom is 0.416 e. The van der Waals surface area contributed by atoms with Crippen molar-refractivity contribution < 1.29 is 35.9 Å². The number of hydrogen-bond acceptors (Lipinski definition) is 2. The molecular formula is C11H8F6O2. The molecule has 0 aromatic heterocycles. The van der Waals surface area contributed by atoms with Crippen LogP contribution in [-0.2, 0) is 6.18 Å². The molecule has 0 saturated heterocycles. The molecule has 0 heterocycles. The summed E-state index contributed by atoms with van der Waals surface area (Å²) >= 11 is 0. The Bertz CT molecular complexity index is 449. The molecule has 0 amide bonds. The van der Waals surface area contributed by atoms with Crippen LogP contribution in [-0.4, -0.2) is 19.1 Å². The van der Waals surface area contributed by atoms with Crippen molar-refractivity contribution in [2.75, 3.05) is 6.61 Å². The van der Waals surface area contributed by atoms with E-state index >= 15 is 0 Å². The highest BCUT2D eigenvalue weighted by molar-refractivity contribution is 5.79. The van der Waals surface area contributed by atoms with E-state index in [-0.39, 0.29) is 12.0 Å². The van der Waals surface area contributed by atoms with Gasteiger partial charge in [-0.3, -0.25) is 4.79 Å². The fraction of sp³-hybridized carbons (Fsp3) is 0.364. The zero-order chi connectivity index (χ0) is 14.7. The second-order valence-electron chi connectivity index (χ2n) is 3.58. The quantitative estimate of drug-likeness (QED) is 0.620. The lowest BCUT2D eigenvalue weighted by molar-refractivity contribution is -0.139. The molecule has 0 aliphatic heterocycles. The number of carbonyl (C=O) groups is 1. The van der Waals surface area contributed by atoms with Crippen molar-refractivity contribution in [2.45, 2.75) is 18.8 Å². The normalized spacial score (nSPS) is 12.3. The SMILES string of the molecule is O=Cc1cc(C(F)(F)F)ccc1OCCC(F)(F)F. The first-order chi connectivity index (χ1) is 8.63. The third-order valence-corrected chi connectivity index (χ3v) is 2.11. The molecule has 106 valence electrons. The molecule has 0 bridgehead atoms. The average Bonchev–Trinajstić information content (AvgIpc) is 2.26. The summed E-state index contributed by atoms with van der Waals surface area (Å²) in [6.45, 7) is -0.768. The van der Waals surface area contributed by atoms with Crippen molar-refractivity contribution in [2.24, 2.45) is 0 Å². The van der Waals surface area contributed by atoms with Gasteiger partial charge in [0.25, 0.3) is 0 Å². The molecule has 0 spiro atoms. The number of hydrogen-bond donors (Lipinski definition) is 0. The minimum Gasteiger partial charge on any atom is -0.492 e. The van der Waals surface area contributed by atoms with Crippen molar-refractivity contribution >= 4 is 6.29 Å². The minimum absolute atomic E-state index is 0.0954. The van der Waals surface area contributed by atoms with Gasteiger partial charge in [0.2, 0.25) is 0 Å². The molecular weight excluding hydrogens is 278 g/mol. The van der Waals surface area contributed by atoms with Gasteiger partial charge < -0.3 is 4.74 Å². The summed E-state index contributed by atoms with van der Waals surface area (Å²) < 4.78 is 77.3. The minimum atomic E-state index is -4.64. The van der Waals surface area contributed by atoms with E-state index in [1.807, 2.05) is 0 Å². The first kappa shape index (κ1) is 15.3. The molecule has 0 radical (unpaired) electrons. The average molecular weight is 286 g/mol. The van der Waals surface area contributed by atoms with Gasteiger partial charge in [-0.05, 0) is 18.2 Å². The summed E-state index contributed by atoms with van der Waals surface area (Å²) in [7, 11) is 0. The van der Waals surface area contributed by atoms with Crippen LogP contribution in [0.4, 0.5) is 26.3 Å². The Morgan fingerprint density at radius 3 is 2.21 bits per heavy atom. The molecule has 1 aromatic rings. The van der Waals surface area contributed by atoms with E-state index in [9.17, 15) is 31.1 Å². The van der Waals surface area contributed by atoms with Gasteiger partial charge in [-0.1, -0.05) is 0 Å². The Labute approximate surface area is 104 Å². The topological polar surface area (TPSA) is 26.3 Å². The van der Waals surface area contributed by atoms with Crippen molar-refractivity contribution in [3.63, 3.8) is 0 Å². The fourth-order valence-electron chi connectivity index (χ4n) is 1.23. The molecule has 0 N–H and O–H groups in total. The molecule has 0 aliphatic rings. The van der Waals surface area contributed by atoms with Gasteiger partial charge in [0.15, 0.2) is 6.29 Å². The lowest BCUT2D eigenvalue weighted by atomic mass is 10.1. The predicted molar refractivity (Wildman–Crippen MR) is 53.0 cm³/mol. The van der Waals surface area contributed by atoms with Gasteiger partial charge in [0.1, 0.15) is 5.75 Å². The first-order valence-electron chi connectivity index (χ1n) is 4.99. The van der Waals surface area contributed by atoms with Gasteiger partial charge in [-0.2, -0.15) is 26.3 Å². The van der Waals surface area contributed by atoms with Crippen LogP contribution < -0.4 is 4.74 Å². The fourth-order valence-corrected chi connectivity index (χ4v) is 1.23. The number of carbonyl (C=O) groups excluding carboxylic acids is 1. The van der Waals surface area contributed by atoms with Crippen LogP contribution in [0.2, 0.25) is 0 Å². The van der Waals surface area contributed by atoms with Crippen LogP contribution in [0.1, 0.15) is 22.3 Å². The summed E-state index contributed by atoms with van der Waals surface area (Å²) in [5, 5.41) is 0. The highest BCUT2D eigenvalue weighted by atomic mass is 19.4.